The summed E-state index contributed by atoms with van der Waals surface area (Å²) in [7, 11) is 4.26. The van der Waals surface area contributed by atoms with E-state index >= 15 is 0 Å². The highest BCUT2D eigenvalue weighted by Crippen LogP contribution is 2.26. The van der Waals surface area contributed by atoms with Gasteiger partial charge in [0.25, 0.3) is 0 Å². The summed E-state index contributed by atoms with van der Waals surface area (Å²) in [5.41, 5.74) is 8.02. The van der Waals surface area contributed by atoms with Crippen molar-refractivity contribution in [1.82, 2.24) is 4.90 Å². The fourth-order valence-electron chi connectivity index (χ4n) is 2.73. The molecule has 1 aliphatic heterocycles. The third kappa shape index (κ3) is 3.39. The van der Waals surface area contributed by atoms with E-state index in [-0.39, 0.29) is 0 Å². The van der Waals surface area contributed by atoms with Crippen LogP contribution in [0.3, 0.4) is 0 Å². The molecule has 0 saturated carbocycles. The van der Waals surface area contributed by atoms with Crippen LogP contribution in [0.15, 0.2) is 18.2 Å². The van der Waals surface area contributed by atoms with E-state index in [0.717, 1.165) is 24.7 Å². The molecule has 1 fully saturated rings. The van der Waals surface area contributed by atoms with Crippen molar-refractivity contribution in [1.29, 1.82) is 5.26 Å². The molecule has 0 unspecified atom stereocenters. The van der Waals surface area contributed by atoms with Gasteiger partial charge < -0.3 is 15.5 Å². The maximum absolute atomic E-state index is 9.03. The van der Waals surface area contributed by atoms with Gasteiger partial charge in [-0.25, -0.2) is 0 Å². The highest BCUT2D eigenvalue weighted by Gasteiger charge is 2.20. The van der Waals surface area contributed by atoms with Crippen molar-refractivity contribution < 1.29 is 0 Å². The van der Waals surface area contributed by atoms with Gasteiger partial charge in [-0.2, -0.15) is 5.26 Å². The van der Waals surface area contributed by atoms with Gasteiger partial charge in [0, 0.05) is 31.0 Å². The maximum atomic E-state index is 9.03. The number of hydrogen-bond donors (Lipinski definition) is 1. The lowest BCUT2D eigenvalue weighted by atomic mass is 9.96. The average molecular weight is 258 g/mol. The number of anilines is 2. The zero-order chi connectivity index (χ0) is 13.8. The second kappa shape index (κ2) is 5.94. The van der Waals surface area contributed by atoms with Crippen LogP contribution in [0.5, 0.6) is 0 Å². The molecular formula is C15H22N4. The summed E-state index contributed by atoms with van der Waals surface area (Å²) in [6.45, 7) is 3.29. The van der Waals surface area contributed by atoms with Crippen molar-refractivity contribution in [3.8, 4) is 6.07 Å². The molecule has 0 amide bonds. The van der Waals surface area contributed by atoms with Crippen LogP contribution in [0, 0.1) is 17.2 Å². The third-order valence-corrected chi connectivity index (χ3v) is 3.76. The molecule has 2 rings (SSSR count). The molecule has 4 heteroatoms. The van der Waals surface area contributed by atoms with E-state index in [0.29, 0.717) is 11.3 Å². The molecule has 1 heterocycles. The maximum Gasteiger partial charge on any atom is 0.101 e. The monoisotopic (exact) mass is 258 g/mol. The Morgan fingerprint density at radius 1 is 1.37 bits per heavy atom. The second-order valence-corrected chi connectivity index (χ2v) is 5.58. The van der Waals surface area contributed by atoms with Gasteiger partial charge in [-0.1, -0.05) is 0 Å². The van der Waals surface area contributed by atoms with Gasteiger partial charge in [-0.05, 0) is 51.1 Å². The van der Waals surface area contributed by atoms with E-state index in [1.807, 2.05) is 18.2 Å². The minimum atomic E-state index is 0.564. The van der Waals surface area contributed by atoms with Crippen LogP contribution < -0.4 is 10.6 Å². The number of nitrogens with zero attached hydrogens (tertiary/aromatic N) is 3. The van der Waals surface area contributed by atoms with E-state index in [2.05, 4.69) is 30.0 Å². The van der Waals surface area contributed by atoms with E-state index in [4.69, 9.17) is 11.0 Å². The van der Waals surface area contributed by atoms with Gasteiger partial charge in [0.1, 0.15) is 6.07 Å². The molecule has 19 heavy (non-hydrogen) atoms. The minimum Gasteiger partial charge on any atom is -0.398 e. The van der Waals surface area contributed by atoms with Gasteiger partial charge >= 0.3 is 0 Å². The van der Waals surface area contributed by atoms with Crippen molar-refractivity contribution in [2.45, 2.75) is 12.8 Å². The zero-order valence-electron chi connectivity index (χ0n) is 11.8. The molecule has 0 aliphatic carbocycles. The SMILES string of the molecule is CN(C)CC1CCN(c2ccc(N)c(C#N)c2)CC1. The van der Waals surface area contributed by atoms with Crippen LogP contribution in [0.1, 0.15) is 18.4 Å². The largest absolute Gasteiger partial charge is 0.398 e. The predicted octanol–water partition coefficient (Wildman–Crippen LogP) is 1.92. The van der Waals surface area contributed by atoms with Crippen LogP contribution in [0.4, 0.5) is 11.4 Å². The molecule has 2 N–H and O–H groups in total. The fourth-order valence-corrected chi connectivity index (χ4v) is 2.73. The highest BCUT2D eigenvalue weighted by atomic mass is 15.1. The molecule has 0 atom stereocenters. The normalized spacial score (nSPS) is 16.6. The fraction of sp³-hybridized carbons (Fsp3) is 0.533. The Morgan fingerprint density at radius 3 is 2.63 bits per heavy atom. The smallest absolute Gasteiger partial charge is 0.101 e. The highest BCUT2D eigenvalue weighted by molar-refractivity contribution is 5.62. The molecule has 1 aromatic carbocycles. The van der Waals surface area contributed by atoms with E-state index in [1.54, 1.807) is 0 Å². The Morgan fingerprint density at radius 2 is 2.05 bits per heavy atom. The first-order valence-corrected chi connectivity index (χ1v) is 6.79. The Hall–Kier alpha value is -1.73. The average Bonchev–Trinajstić information content (AvgIpc) is 2.40. The van der Waals surface area contributed by atoms with Crippen LogP contribution in [0.25, 0.3) is 0 Å². The predicted molar refractivity (Wildman–Crippen MR) is 79.1 cm³/mol. The first kappa shape index (κ1) is 13.7. The summed E-state index contributed by atoms with van der Waals surface area (Å²) in [5, 5.41) is 9.03. The summed E-state index contributed by atoms with van der Waals surface area (Å²) in [6, 6.07) is 7.91. The van der Waals surface area contributed by atoms with E-state index in [1.165, 1.54) is 19.4 Å². The van der Waals surface area contributed by atoms with Gasteiger partial charge in [-0.15, -0.1) is 0 Å². The van der Waals surface area contributed by atoms with Gasteiger partial charge in [0.05, 0.1) is 5.56 Å². The molecule has 1 aromatic rings. The summed E-state index contributed by atoms with van der Waals surface area (Å²) in [6.07, 6.45) is 2.43. The summed E-state index contributed by atoms with van der Waals surface area (Å²) in [5.74, 6) is 0.787. The van der Waals surface area contributed by atoms with Crippen molar-refractivity contribution in [2.24, 2.45) is 5.92 Å². The van der Waals surface area contributed by atoms with Crippen molar-refractivity contribution in [3.63, 3.8) is 0 Å². The van der Waals surface area contributed by atoms with E-state index in [9.17, 15) is 0 Å². The van der Waals surface area contributed by atoms with Crippen molar-refractivity contribution in [2.75, 3.05) is 44.4 Å². The number of rotatable bonds is 3. The molecule has 4 nitrogen and oxygen atoms in total. The molecule has 0 aromatic heterocycles. The quantitative estimate of drug-likeness (QED) is 0.842. The van der Waals surface area contributed by atoms with Gasteiger partial charge in [-0.3, -0.25) is 0 Å². The minimum absolute atomic E-state index is 0.564. The summed E-state index contributed by atoms with van der Waals surface area (Å²) >= 11 is 0. The van der Waals surface area contributed by atoms with Crippen molar-refractivity contribution >= 4 is 11.4 Å². The Kier molecular flexibility index (Phi) is 4.28. The van der Waals surface area contributed by atoms with Crippen molar-refractivity contribution in [3.05, 3.63) is 23.8 Å². The molecule has 1 aliphatic rings. The lowest BCUT2D eigenvalue weighted by Crippen LogP contribution is -2.37. The first-order chi connectivity index (χ1) is 9.10. The summed E-state index contributed by atoms with van der Waals surface area (Å²) < 4.78 is 0. The van der Waals surface area contributed by atoms with Gasteiger partial charge in [0.15, 0.2) is 0 Å². The lowest BCUT2D eigenvalue weighted by molar-refractivity contribution is 0.285. The van der Waals surface area contributed by atoms with Gasteiger partial charge in [0.2, 0.25) is 0 Å². The molecular weight excluding hydrogens is 236 g/mol. The van der Waals surface area contributed by atoms with Crippen LogP contribution in [0.2, 0.25) is 0 Å². The topological polar surface area (TPSA) is 56.3 Å². The third-order valence-electron chi connectivity index (χ3n) is 3.76. The Labute approximate surface area is 115 Å². The number of hydrogen-bond acceptors (Lipinski definition) is 4. The number of nitrogens with two attached hydrogens (primary N) is 1. The standard InChI is InChI=1S/C15H22N4/c1-18(2)11-12-5-7-19(8-6-12)14-3-4-15(17)13(9-14)10-16/h3-4,9,12H,5-8,11,17H2,1-2H3. The molecule has 0 radical (unpaired) electrons. The molecule has 0 spiro atoms. The van der Waals surface area contributed by atoms with Crippen LogP contribution in [-0.2, 0) is 0 Å². The molecule has 0 bridgehead atoms. The number of nitrogen functional groups attached to an aromatic ring is 1. The number of benzene rings is 1. The Bertz CT molecular complexity index is 468. The van der Waals surface area contributed by atoms with Crippen LogP contribution in [-0.4, -0.2) is 38.6 Å². The first-order valence-electron chi connectivity index (χ1n) is 6.79. The zero-order valence-corrected chi connectivity index (χ0v) is 11.8. The lowest BCUT2D eigenvalue weighted by Gasteiger charge is -2.34. The van der Waals surface area contributed by atoms with E-state index < -0.39 is 0 Å². The molecule has 102 valence electrons. The second-order valence-electron chi connectivity index (χ2n) is 5.58. The number of nitriles is 1. The Balaban J connectivity index is 2.00. The number of piperidine rings is 1. The summed E-state index contributed by atoms with van der Waals surface area (Å²) in [4.78, 5) is 4.61. The van der Waals surface area contributed by atoms with Crippen LogP contribution >= 0.6 is 0 Å². The molecule has 1 saturated heterocycles.